The van der Waals surface area contributed by atoms with Gasteiger partial charge in [-0.05, 0) is 25.2 Å². The van der Waals surface area contributed by atoms with Crippen molar-refractivity contribution < 1.29 is 9.59 Å². The lowest BCUT2D eigenvalue weighted by molar-refractivity contribution is -0.135. The van der Waals surface area contributed by atoms with E-state index in [2.05, 4.69) is 11.2 Å². The highest BCUT2D eigenvalue weighted by Crippen LogP contribution is 2.29. The van der Waals surface area contributed by atoms with E-state index in [4.69, 9.17) is 0 Å². The number of amides is 2. The van der Waals surface area contributed by atoms with Crippen LogP contribution in [0.1, 0.15) is 23.2 Å². The number of hydrogen-bond donors (Lipinski definition) is 1. The number of fused-ring (bicyclic) bond motifs is 1. The van der Waals surface area contributed by atoms with Gasteiger partial charge in [0.2, 0.25) is 5.91 Å². The minimum absolute atomic E-state index is 0.0511. The number of likely N-dealkylation sites (tertiary alicyclic amines) is 1. The summed E-state index contributed by atoms with van der Waals surface area (Å²) in [6.07, 6.45) is 5.99. The second-order valence-corrected chi connectivity index (χ2v) is 8.94. The number of para-hydroxylation sites is 1. The molecule has 2 amide bonds. The second kappa shape index (κ2) is 7.56. The molecule has 5 nitrogen and oxygen atoms in total. The van der Waals surface area contributed by atoms with Crippen molar-refractivity contribution >= 4 is 46.2 Å². The first-order valence-corrected chi connectivity index (χ1v) is 11.4. The van der Waals surface area contributed by atoms with E-state index in [1.807, 2.05) is 40.9 Å². The van der Waals surface area contributed by atoms with Gasteiger partial charge in [-0.3, -0.25) is 9.59 Å². The molecule has 0 aliphatic carbocycles. The molecule has 0 spiro atoms. The quantitative estimate of drug-likeness (QED) is 0.877. The molecule has 2 saturated heterocycles. The number of piperidine rings is 1. The molecule has 4 rings (SSSR count). The zero-order valence-electron chi connectivity index (χ0n) is 14.8. The maximum Gasteiger partial charge on any atom is 0.257 e. The van der Waals surface area contributed by atoms with Crippen molar-refractivity contribution in [1.82, 2.24) is 14.8 Å². The summed E-state index contributed by atoms with van der Waals surface area (Å²) in [5.74, 6) is 1.33. The van der Waals surface area contributed by atoms with Gasteiger partial charge in [-0.1, -0.05) is 18.2 Å². The summed E-state index contributed by atoms with van der Waals surface area (Å²) in [4.78, 5) is 33.1. The van der Waals surface area contributed by atoms with Crippen LogP contribution in [-0.4, -0.2) is 68.9 Å². The molecule has 2 aromatic rings. The molecule has 2 aliphatic rings. The van der Waals surface area contributed by atoms with Gasteiger partial charge in [0.25, 0.3) is 5.91 Å². The van der Waals surface area contributed by atoms with E-state index in [-0.39, 0.29) is 17.9 Å². The molecule has 1 aromatic carbocycles. The largest absolute Gasteiger partial charge is 0.360 e. The number of nitrogens with one attached hydrogen (secondary N) is 1. The van der Waals surface area contributed by atoms with E-state index in [0.717, 1.165) is 36.8 Å². The fraction of sp³-hybridized carbons (Fsp3) is 0.474. The van der Waals surface area contributed by atoms with Crippen LogP contribution in [0.3, 0.4) is 0 Å². The highest BCUT2D eigenvalue weighted by atomic mass is 32.2. The molecule has 7 heteroatoms. The number of carbonyl (C=O) groups is 2. The Bertz CT molecular complexity index is 814. The minimum atomic E-state index is -0.341. The number of aromatic amines is 1. The Balaban J connectivity index is 1.51. The summed E-state index contributed by atoms with van der Waals surface area (Å²) < 4.78 is 0. The summed E-state index contributed by atoms with van der Waals surface area (Å²) in [6.45, 7) is 1.61. The predicted molar refractivity (Wildman–Crippen MR) is 109 cm³/mol. The van der Waals surface area contributed by atoms with Crippen LogP contribution in [0.15, 0.2) is 30.5 Å². The van der Waals surface area contributed by atoms with E-state index >= 15 is 0 Å². The summed E-state index contributed by atoms with van der Waals surface area (Å²) in [7, 11) is 0. The Hall–Kier alpha value is -1.60. The van der Waals surface area contributed by atoms with Crippen LogP contribution in [0.2, 0.25) is 0 Å². The zero-order chi connectivity index (χ0) is 18.1. The van der Waals surface area contributed by atoms with E-state index < -0.39 is 0 Å². The molecule has 0 radical (unpaired) electrons. The molecule has 1 N–H and O–H groups in total. The summed E-state index contributed by atoms with van der Waals surface area (Å²) >= 11 is 3.55. The summed E-state index contributed by atoms with van der Waals surface area (Å²) in [6, 6.07) is 7.45. The molecule has 1 unspecified atom stereocenters. The van der Waals surface area contributed by atoms with Gasteiger partial charge in [-0.25, -0.2) is 0 Å². The van der Waals surface area contributed by atoms with Gasteiger partial charge >= 0.3 is 0 Å². The zero-order valence-corrected chi connectivity index (χ0v) is 16.4. The fourth-order valence-electron chi connectivity index (χ4n) is 3.77. The molecule has 0 bridgehead atoms. The van der Waals surface area contributed by atoms with Crippen molar-refractivity contribution in [1.29, 1.82) is 0 Å². The monoisotopic (exact) mass is 389 g/mol. The molecule has 0 saturated carbocycles. The Morgan fingerprint density at radius 1 is 1.23 bits per heavy atom. The van der Waals surface area contributed by atoms with Crippen LogP contribution >= 0.6 is 23.5 Å². The lowest BCUT2D eigenvalue weighted by Gasteiger charge is -2.34. The molecule has 3 heterocycles. The third-order valence-corrected chi connectivity index (χ3v) is 7.49. The van der Waals surface area contributed by atoms with Crippen LogP contribution in [0.25, 0.3) is 10.9 Å². The first kappa shape index (κ1) is 17.8. The maximum absolute atomic E-state index is 13.1. The molecular weight excluding hydrogens is 366 g/mol. The highest BCUT2D eigenvalue weighted by molar-refractivity contribution is 7.99. The van der Waals surface area contributed by atoms with Crippen molar-refractivity contribution in [3.63, 3.8) is 0 Å². The van der Waals surface area contributed by atoms with Crippen molar-refractivity contribution in [3.05, 3.63) is 36.0 Å². The first-order valence-electron chi connectivity index (χ1n) is 8.95. The number of nitrogens with zero attached hydrogens (tertiary/aromatic N) is 2. The number of rotatable bonds is 3. The average molecular weight is 390 g/mol. The highest BCUT2D eigenvalue weighted by Gasteiger charge is 2.38. The fourth-order valence-corrected chi connectivity index (χ4v) is 5.60. The minimum Gasteiger partial charge on any atom is -0.360 e. The number of aromatic nitrogens is 1. The van der Waals surface area contributed by atoms with Crippen LogP contribution < -0.4 is 0 Å². The third kappa shape index (κ3) is 3.22. The molecule has 2 aliphatic heterocycles. The Kier molecular flexibility index (Phi) is 5.18. The Labute approximate surface area is 161 Å². The predicted octanol–water partition coefficient (Wildman–Crippen LogP) is 3.04. The van der Waals surface area contributed by atoms with Crippen molar-refractivity contribution in [3.8, 4) is 0 Å². The van der Waals surface area contributed by atoms with Gasteiger partial charge < -0.3 is 14.8 Å². The van der Waals surface area contributed by atoms with Gasteiger partial charge in [0.05, 0.1) is 11.4 Å². The lowest BCUT2D eigenvalue weighted by Crippen LogP contribution is -2.51. The third-order valence-electron chi connectivity index (χ3n) is 5.33. The van der Waals surface area contributed by atoms with Gasteiger partial charge in [-0.2, -0.15) is 11.8 Å². The lowest BCUT2D eigenvalue weighted by atomic mass is 10.1. The standard InChI is InChI=1S/C19H23N3O2S2/c1-25-13-6-8-21(9-7-13)19(24)17-11-26-12-22(17)18(23)15-10-20-16-5-3-2-4-14(15)16/h2-5,10,13,17,20H,6-9,11-12H2,1H3. The molecule has 1 aromatic heterocycles. The SMILES string of the molecule is CSC1CCN(C(=O)C2CSCN2C(=O)c2c[nH]c3ccccc23)CC1. The maximum atomic E-state index is 13.1. The molecule has 2 fully saturated rings. The normalized spacial score (nSPS) is 21.5. The van der Waals surface area contributed by atoms with Crippen molar-refractivity contribution in [2.45, 2.75) is 24.1 Å². The topological polar surface area (TPSA) is 56.4 Å². The second-order valence-electron chi connectivity index (χ2n) is 6.80. The summed E-state index contributed by atoms with van der Waals surface area (Å²) in [5.41, 5.74) is 1.60. The van der Waals surface area contributed by atoms with Crippen molar-refractivity contribution in [2.24, 2.45) is 0 Å². The van der Waals surface area contributed by atoms with Crippen LogP contribution in [-0.2, 0) is 4.79 Å². The van der Waals surface area contributed by atoms with Gasteiger partial charge in [0, 0.05) is 41.2 Å². The van der Waals surface area contributed by atoms with Gasteiger partial charge in [0.1, 0.15) is 6.04 Å². The van der Waals surface area contributed by atoms with Crippen molar-refractivity contribution in [2.75, 3.05) is 31.0 Å². The number of hydrogen-bond acceptors (Lipinski definition) is 4. The molecule has 26 heavy (non-hydrogen) atoms. The Morgan fingerprint density at radius 3 is 2.77 bits per heavy atom. The van der Waals surface area contributed by atoms with Crippen LogP contribution in [0.5, 0.6) is 0 Å². The van der Waals surface area contributed by atoms with Gasteiger partial charge in [-0.15, -0.1) is 11.8 Å². The smallest absolute Gasteiger partial charge is 0.257 e. The van der Waals surface area contributed by atoms with E-state index in [0.29, 0.717) is 22.4 Å². The number of H-pyrrole nitrogens is 1. The van der Waals surface area contributed by atoms with Crippen LogP contribution in [0.4, 0.5) is 0 Å². The number of thioether (sulfide) groups is 2. The first-order chi connectivity index (χ1) is 12.7. The number of benzene rings is 1. The Morgan fingerprint density at radius 2 is 2.00 bits per heavy atom. The van der Waals surface area contributed by atoms with E-state index in [1.54, 1.807) is 22.9 Å². The molecule has 138 valence electrons. The van der Waals surface area contributed by atoms with Crippen LogP contribution in [0, 0.1) is 0 Å². The number of carbonyl (C=O) groups excluding carboxylic acids is 2. The van der Waals surface area contributed by atoms with E-state index in [1.165, 1.54) is 0 Å². The van der Waals surface area contributed by atoms with E-state index in [9.17, 15) is 9.59 Å². The van der Waals surface area contributed by atoms with Gasteiger partial charge in [0.15, 0.2) is 0 Å². The average Bonchev–Trinajstić information content (AvgIpc) is 3.34. The summed E-state index contributed by atoms with van der Waals surface area (Å²) in [5, 5.41) is 1.57. The molecule has 1 atom stereocenters. The molecular formula is C19H23N3O2S2.